The fourth-order valence-corrected chi connectivity index (χ4v) is 1.54. The molecule has 0 bridgehead atoms. The minimum atomic E-state index is -0.163. The molecule has 86 valence electrons. The van der Waals surface area contributed by atoms with Crippen LogP contribution >= 0.6 is 0 Å². The second kappa shape index (κ2) is 7.17. The fraction of sp³-hybridized carbons (Fsp3) is 1.00. The highest BCUT2D eigenvalue weighted by molar-refractivity contribution is 4.86. The zero-order chi connectivity index (χ0) is 11.0. The fourth-order valence-electron chi connectivity index (χ4n) is 1.54. The van der Waals surface area contributed by atoms with Crippen molar-refractivity contribution in [1.29, 1.82) is 0 Å². The van der Waals surface area contributed by atoms with Gasteiger partial charge < -0.3 is 20.9 Å². The molecule has 0 radical (unpaired) electrons. The normalized spacial score (nSPS) is 17.8. The Morgan fingerprint density at radius 1 is 1.57 bits per heavy atom. The molecule has 14 heavy (non-hydrogen) atoms. The van der Waals surface area contributed by atoms with E-state index in [1.165, 1.54) is 0 Å². The summed E-state index contributed by atoms with van der Waals surface area (Å²) in [6, 6.07) is 0.353. The number of aliphatic hydroxyl groups is 1. The van der Waals surface area contributed by atoms with E-state index in [0.717, 1.165) is 12.8 Å². The summed E-state index contributed by atoms with van der Waals surface area (Å²) >= 11 is 0. The van der Waals surface area contributed by atoms with Gasteiger partial charge in [-0.05, 0) is 26.7 Å². The Hall–Kier alpha value is -0.160. The predicted octanol–water partition coefficient (Wildman–Crippen LogP) is 0.101. The monoisotopic (exact) mass is 204 g/mol. The van der Waals surface area contributed by atoms with Crippen molar-refractivity contribution >= 4 is 0 Å². The molecule has 0 aromatic heterocycles. The lowest BCUT2D eigenvalue weighted by Gasteiger charge is -2.32. The van der Waals surface area contributed by atoms with E-state index >= 15 is 0 Å². The van der Waals surface area contributed by atoms with Crippen molar-refractivity contribution < 1.29 is 9.84 Å². The first kappa shape index (κ1) is 13.8. The van der Waals surface area contributed by atoms with Gasteiger partial charge in [-0.25, -0.2) is 0 Å². The Morgan fingerprint density at radius 2 is 2.21 bits per heavy atom. The van der Waals surface area contributed by atoms with Crippen LogP contribution in [0.3, 0.4) is 0 Å². The molecule has 0 aromatic rings. The molecule has 4 heteroatoms. The van der Waals surface area contributed by atoms with Gasteiger partial charge in [0.2, 0.25) is 0 Å². The Bertz CT molecular complexity index is 144. The van der Waals surface area contributed by atoms with Crippen LogP contribution in [-0.2, 0) is 4.74 Å². The highest BCUT2D eigenvalue weighted by atomic mass is 16.5. The number of hydrogen-bond acceptors (Lipinski definition) is 4. The molecule has 0 aliphatic rings. The maximum absolute atomic E-state index is 8.70. The Morgan fingerprint density at radius 3 is 2.64 bits per heavy atom. The second-order valence-electron chi connectivity index (χ2n) is 4.11. The summed E-state index contributed by atoms with van der Waals surface area (Å²) in [5.74, 6) is 0. The van der Waals surface area contributed by atoms with Crippen LogP contribution in [0.5, 0.6) is 0 Å². The molecule has 0 saturated carbocycles. The standard InChI is InChI=1S/C10H24N2O2/c1-9(5-4-6-13)12-10(2,7-11)8-14-3/h9,12-13H,4-8,11H2,1-3H3. The summed E-state index contributed by atoms with van der Waals surface area (Å²) in [6.45, 7) is 5.54. The maximum Gasteiger partial charge on any atom is 0.0654 e. The third-order valence-electron chi connectivity index (χ3n) is 2.30. The summed E-state index contributed by atoms with van der Waals surface area (Å²) in [5.41, 5.74) is 5.52. The number of rotatable bonds is 8. The van der Waals surface area contributed by atoms with Gasteiger partial charge in [0.25, 0.3) is 0 Å². The second-order valence-corrected chi connectivity index (χ2v) is 4.11. The molecule has 2 unspecified atom stereocenters. The average molecular weight is 204 g/mol. The van der Waals surface area contributed by atoms with Crippen LogP contribution < -0.4 is 11.1 Å². The van der Waals surface area contributed by atoms with E-state index in [-0.39, 0.29) is 12.1 Å². The van der Waals surface area contributed by atoms with Crippen LogP contribution in [0, 0.1) is 0 Å². The molecule has 2 atom stereocenters. The van der Waals surface area contributed by atoms with E-state index in [1.807, 2.05) is 6.92 Å². The number of methoxy groups -OCH3 is 1. The van der Waals surface area contributed by atoms with Gasteiger partial charge in [-0.1, -0.05) is 0 Å². The molecule has 0 amide bonds. The minimum absolute atomic E-state index is 0.163. The van der Waals surface area contributed by atoms with Crippen molar-refractivity contribution in [2.24, 2.45) is 5.73 Å². The van der Waals surface area contributed by atoms with E-state index in [2.05, 4.69) is 12.2 Å². The van der Waals surface area contributed by atoms with E-state index in [4.69, 9.17) is 15.6 Å². The zero-order valence-electron chi connectivity index (χ0n) is 9.55. The van der Waals surface area contributed by atoms with E-state index in [1.54, 1.807) is 7.11 Å². The van der Waals surface area contributed by atoms with Crippen LogP contribution in [0.15, 0.2) is 0 Å². The summed E-state index contributed by atoms with van der Waals surface area (Å²) in [7, 11) is 1.67. The maximum atomic E-state index is 8.70. The number of hydrogen-bond donors (Lipinski definition) is 3. The average Bonchev–Trinajstić information content (AvgIpc) is 2.15. The molecule has 0 spiro atoms. The van der Waals surface area contributed by atoms with Crippen molar-refractivity contribution in [2.75, 3.05) is 26.9 Å². The Kier molecular flexibility index (Phi) is 7.09. The summed E-state index contributed by atoms with van der Waals surface area (Å²) in [5, 5.41) is 12.1. The van der Waals surface area contributed by atoms with Crippen molar-refractivity contribution in [3.8, 4) is 0 Å². The smallest absolute Gasteiger partial charge is 0.0654 e. The lowest BCUT2D eigenvalue weighted by molar-refractivity contribution is 0.114. The first-order valence-corrected chi connectivity index (χ1v) is 5.15. The molecule has 0 saturated heterocycles. The van der Waals surface area contributed by atoms with E-state index in [9.17, 15) is 0 Å². The molecule has 0 heterocycles. The van der Waals surface area contributed by atoms with Crippen molar-refractivity contribution in [2.45, 2.75) is 38.3 Å². The topological polar surface area (TPSA) is 67.5 Å². The third kappa shape index (κ3) is 5.54. The molecule has 0 fully saturated rings. The lowest BCUT2D eigenvalue weighted by atomic mass is 10.0. The third-order valence-corrected chi connectivity index (χ3v) is 2.30. The largest absolute Gasteiger partial charge is 0.396 e. The highest BCUT2D eigenvalue weighted by Gasteiger charge is 2.23. The van der Waals surface area contributed by atoms with Crippen LogP contribution in [-0.4, -0.2) is 43.6 Å². The van der Waals surface area contributed by atoms with Gasteiger partial charge in [-0.2, -0.15) is 0 Å². The Labute approximate surface area is 86.8 Å². The van der Waals surface area contributed by atoms with E-state index < -0.39 is 0 Å². The number of ether oxygens (including phenoxy) is 1. The highest BCUT2D eigenvalue weighted by Crippen LogP contribution is 2.06. The first-order chi connectivity index (χ1) is 6.58. The van der Waals surface area contributed by atoms with Crippen molar-refractivity contribution in [1.82, 2.24) is 5.32 Å². The Balaban J connectivity index is 3.89. The van der Waals surface area contributed by atoms with Crippen LogP contribution in [0.2, 0.25) is 0 Å². The molecular formula is C10H24N2O2. The quantitative estimate of drug-likeness (QED) is 0.524. The van der Waals surface area contributed by atoms with Gasteiger partial charge in [0.1, 0.15) is 0 Å². The summed E-state index contributed by atoms with van der Waals surface area (Å²) < 4.78 is 5.11. The SMILES string of the molecule is COCC(C)(CN)NC(C)CCCO. The summed E-state index contributed by atoms with van der Waals surface area (Å²) in [6.07, 6.45) is 1.78. The number of nitrogens with two attached hydrogens (primary N) is 1. The van der Waals surface area contributed by atoms with Crippen LogP contribution in [0.25, 0.3) is 0 Å². The van der Waals surface area contributed by atoms with Gasteiger partial charge in [0, 0.05) is 26.3 Å². The van der Waals surface area contributed by atoms with Crippen LogP contribution in [0.1, 0.15) is 26.7 Å². The van der Waals surface area contributed by atoms with Gasteiger partial charge >= 0.3 is 0 Å². The van der Waals surface area contributed by atoms with Gasteiger partial charge in [0.05, 0.1) is 12.1 Å². The first-order valence-electron chi connectivity index (χ1n) is 5.15. The molecule has 0 aliphatic carbocycles. The molecule has 0 aliphatic heterocycles. The lowest BCUT2D eigenvalue weighted by Crippen LogP contribution is -2.55. The molecule has 4 nitrogen and oxygen atoms in total. The van der Waals surface area contributed by atoms with Gasteiger partial charge in [-0.3, -0.25) is 0 Å². The van der Waals surface area contributed by atoms with Gasteiger partial charge in [0.15, 0.2) is 0 Å². The molecule has 4 N–H and O–H groups in total. The van der Waals surface area contributed by atoms with E-state index in [0.29, 0.717) is 19.2 Å². The number of nitrogens with one attached hydrogen (secondary N) is 1. The van der Waals surface area contributed by atoms with Crippen LogP contribution in [0.4, 0.5) is 0 Å². The predicted molar refractivity (Wildman–Crippen MR) is 58.3 cm³/mol. The minimum Gasteiger partial charge on any atom is -0.396 e. The molecule has 0 aromatic carbocycles. The summed E-state index contributed by atoms with van der Waals surface area (Å²) in [4.78, 5) is 0. The molecule has 0 rings (SSSR count). The van der Waals surface area contributed by atoms with Crippen molar-refractivity contribution in [3.63, 3.8) is 0 Å². The zero-order valence-corrected chi connectivity index (χ0v) is 9.55. The van der Waals surface area contributed by atoms with Gasteiger partial charge in [-0.15, -0.1) is 0 Å². The molecular weight excluding hydrogens is 180 g/mol. The van der Waals surface area contributed by atoms with Crippen molar-refractivity contribution in [3.05, 3.63) is 0 Å². The number of aliphatic hydroxyl groups excluding tert-OH is 1.